The highest BCUT2D eigenvalue weighted by Gasteiger charge is 2.29. The van der Waals surface area contributed by atoms with Crippen molar-refractivity contribution >= 4 is 46.0 Å². The van der Waals surface area contributed by atoms with Crippen LogP contribution in [0, 0.1) is 5.82 Å². The van der Waals surface area contributed by atoms with Crippen molar-refractivity contribution < 1.29 is 13.9 Å². The zero-order chi connectivity index (χ0) is 18.8. The van der Waals surface area contributed by atoms with Crippen LogP contribution in [0.15, 0.2) is 29.0 Å². The number of nitrogens with zero attached hydrogens (tertiary/aromatic N) is 2. The Balaban J connectivity index is 1.67. The Morgan fingerprint density at radius 1 is 1.37 bits per heavy atom. The monoisotopic (exact) mass is 425 g/mol. The maximum absolute atomic E-state index is 15.2. The van der Waals surface area contributed by atoms with E-state index in [1.807, 2.05) is 11.4 Å². The number of nitrogens with one attached hydrogen (secondary N) is 1. The third-order valence-corrected chi connectivity index (χ3v) is 6.39. The Hall–Kier alpha value is -1.74. The fraction of sp³-hybridized carbons (Fsp3) is 0.333. The molecule has 0 amide bonds. The Kier molecular flexibility index (Phi) is 5.58. The summed E-state index contributed by atoms with van der Waals surface area (Å²) in [6.07, 6.45) is 1.39. The van der Waals surface area contributed by atoms with Crippen molar-refractivity contribution in [3.8, 4) is 0 Å². The SMILES string of the molecule is O=C(c1ccsc1)n1nc(C2CCOCC2)c(F)c1NCc1ccc(Cl)s1. The number of rotatable bonds is 5. The lowest BCUT2D eigenvalue weighted by Gasteiger charge is -2.20. The van der Waals surface area contributed by atoms with Crippen LogP contribution in [0.5, 0.6) is 0 Å². The molecule has 0 spiro atoms. The summed E-state index contributed by atoms with van der Waals surface area (Å²) >= 11 is 8.79. The lowest BCUT2D eigenvalue weighted by Crippen LogP contribution is -2.18. The van der Waals surface area contributed by atoms with Gasteiger partial charge in [-0.15, -0.1) is 11.3 Å². The molecular weight excluding hydrogens is 409 g/mol. The average Bonchev–Trinajstić information content (AvgIpc) is 3.41. The van der Waals surface area contributed by atoms with Crippen LogP contribution in [-0.4, -0.2) is 28.9 Å². The van der Waals surface area contributed by atoms with Crippen molar-refractivity contribution in [3.63, 3.8) is 0 Å². The second-order valence-corrected chi connectivity index (χ2v) is 8.80. The fourth-order valence-corrected chi connectivity index (χ4v) is 4.73. The van der Waals surface area contributed by atoms with Crippen molar-refractivity contribution in [1.82, 2.24) is 9.78 Å². The largest absolute Gasteiger partial charge is 0.381 e. The second kappa shape index (κ2) is 8.10. The van der Waals surface area contributed by atoms with Crippen molar-refractivity contribution in [2.75, 3.05) is 18.5 Å². The standard InChI is InChI=1S/C18H17ClFN3O2S2/c19-14-2-1-13(27-14)9-21-17-15(20)16(11-3-6-25-7-4-11)22-23(17)18(24)12-5-8-26-10-12/h1-2,5,8,10-11,21H,3-4,6-7,9H2. The summed E-state index contributed by atoms with van der Waals surface area (Å²) < 4.78 is 22.4. The molecule has 0 bridgehead atoms. The van der Waals surface area contributed by atoms with E-state index in [-0.39, 0.29) is 17.6 Å². The first-order chi connectivity index (χ1) is 13.1. The highest BCUT2D eigenvalue weighted by atomic mass is 35.5. The minimum Gasteiger partial charge on any atom is -0.381 e. The first-order valence-electron chi connectivity index (χ1n) is 8.54. The average molecular weight is 426 g/mol. The number of hydrogen-bond donors (Lipinski definition) is 1. The lowest BCUT2D eigenvalue weighted by atomic mass is 9.96. The van der Waals surface area contributed by atoms with Crippen LogP contribution in [0.25, 0.3) is 0 Å². The fourth-order valence-electron chi connectivity index (χ4n) is 3.07. The van der Waals surface area contributed by atoms with Gasteiger partial charge in [-0.25, -0.2) is 4.39 Å². The number of hydrogen-bond acceptors (Lipinski definition) is 6. The molecule has 27 heavy (non-hydrogen) atoms. The molecule has 5 nitrogen and oxygen atoms in total. The van der Waals surface area contributed by atoms with Crippen molar-refractivity contribution in [2.24, 2.45) is 0 Å². The molecule has 9 heteroatoms. The molecule has 1 fully saturated rings. The molecular formula is C18H17ClFN3O2S2. The molecule has 4 rings (SSSR count). The van der Waals surface area contributed by atoms with E-state index < -0.39 is 5.82 Å². The van der Waals surface area contributed by atoms with E-state index >= 15 is 4.39 Å². The van der Waals surface area contributed by atoms with Gasteiger partial charge in [0, 0.05) is 29.4 Å². The molecule has 142 valence electrons. The normalized spacial score (nSPS) is 15.2. The van der Waals surface area contributed by atoms with Crippen LogP contribution in [0.1, 0.15) is 39.7 Å². The van der Waals surface area contributed by atoms with Gasteiger partial charge in [0.25, 0.3) is 5.91 Å². The zero-order valence-corrected chi connectivity index (χ0v) is 16.7. The molecule has 3 aromatic rings. The molecule has 0 atom stereocenters. The summed E-state index contributed by atoms with van der Waals surface area (Å²) in [4.78, 5) is 13.8. The van der Waals surface area contributed by atoms with Crippen LogP contribution >= 0.6 is 34.3 Å². The molecule has 3 aromatic heterocycles. The van der Waals surface area contributed by atoms with E-state index in [1.54, 1.807) is 17.5 Å². The van der Waals surface area contributed by atoms with E-state index in [9.17, 15) is 4.79 Å². The van der Waals surface area contributed by atoms with Crippen LogP contribution in [0.4, 0.5) is 10.2 Å². The van der Waals surface area contributed by atoms with E-state index in [2.05, 4.69) is 10.4 Å². The number of aromatic nitrogens is 2. The van der Waals surface area contributed by atoms with Crippen molar-refractivity contribution in [1.29, 1.82) is 0 Å². The van der Waals surface area contributed by atoms with Gasteiger partial charge in [-0.05, 0) is 36.4 Å². The molecule has 1 saturated heterocycles. The summed E-state index contributed by atoms with van der Waals surface area (Å²) in [5.41, 5.74) is 0.817. The molecule has 0 aliphatic carbocycles. The van der Waals surface area contributed by atoms with Crippen LogP contribution < -0.4 is 5.32 Å². The van der Waals surface area contributed by atoms with E-state index in [1.165, 1.54) is 22.7 Å². The minimum atomic E-state index is -0.465. The molecule has 0 saturated carbocycles. The van der Waals surface area contributed by atoms with Crippen LogP contribution in [0.2, 0.25) is 4.34 Å². The van der Waals surface area contributed by atoms with E-state index in [4.69, 9.17) is 16.3 Å². The minimum absolute atomic E-state index is 0.0491. The molecule has 0 unspecified atom stereocenters. The number of thiophene rings is 2. The van der Waals surface area contributed by atoms with Crippen molar-refractivity contribution in [3.05, 3.63) is 55.2 Å². The molecule has 1 aliphatic rings. The van der Waals surface area contributed by atoms with Gasteiger partial charge in [-0.3, -0.25) is 4.79 Å². The molecule has 0 aromatic carbocycles. The Labute approximate surface area is 168 Å². The smallest absolute Gasteiger partial charge is 0.281 e. The number of carbonyl (C=O) groups is 1. The van der Waals surface area contributed by atoms with E-state index in [0.29, 0.717) is 48.2 Å². The predicted octanol–water partition coefficient (Wildman–Crippen LogP) is 4.99. The van der Waals surface area contributed by atoms with Gasteiger partial charge >= 0.3 is 0 Å². The maximum atomic E-state index is 15.2. The predicted molar refractivity (Wildman–Crippen MR) is 106 cm³/mol. The Morgan fingerprint density at radius 3 is 2.85 bits per heavy atom. The molecule has 1 aliphatic heterocycles. The summed E-state index contributed by atoms with van der Waals surface area (Å²) in [6.45, 7) is 1.52. The summed E-state index contributed by atoms with van der Waals surface area (Å²) in [6, 6.07) is 5.38. The highest BCUT2D eigenvalue weighted by molar-refractivity contribution is 7.16. The highest BCUT2D eigenvalue weighted by Crippen LogP contribution is 2.32. The number of anilines is 1. The van der Waals surface area contributed by atoms with Gasteiger partial charge in [-0.1, -0.05) is 11.6 Å². The van der Waals surface area contributed by atoms with Gasteiger partial charge in [0.15, 0.2) is 11.6 Å². The Morgan fingerprint density at radius 2 is 2.19 bits per heavy atom. The van der Waals surface area contributed by atoms with Gasteiger partial charge in [0.05, 0.1) is 16.4 Å². The van der Waals surface area contributed by atoms with Crippen LogP contribution in [-0.2, 0) is 11.3 Å². The zero-order valence-electron chi connectivity index (χ0n) is 14.3. The lowest BCUT2D eigenvalue weighted by molar-refractivity contribution is 0.0834. The first kappa shape index (κ1) is 18.6. The quantitative estimate of drug-likeness (QED) is 0.625. The van der Waals surface area contributed by atoms with Gasteiger partial charge in [0.1, 0.15) is 5.69 Å². The van der Waals surface area contributed by atoms with E-state index in [0.717, 1.165) is 9.56 Å². The molecule has 4 heterocycles. The second-order valence-electron chi connectivity index (χ2n) is 6.22. The summed E-state index contributed by atoms with van der Waals surface area (Å²) in [5, 5.41) is 11.0. The summed E-state index contributed by atoms with van der Waals surface area (Å²) in [7, 11) is 0. The van der Waals surface area contributed by atoms with Gasteiger partial charge in [0.2, 0.25) is 0 Å². The topological polar surface area (TPSA) is 56.2 Å². The third-order valence-electron chi connectivity index (χ3n) is 4.48. The Bertz CT molecular complexity index is 933. The van der Waals surface area contributed by atoms with Crippen molar-refractivity contribution in [2.45, 2.75) is 25.3 Å². The number of carbonyl (C=O) groups excluding carboxylic acids is 1. The van der Waals surface area contributed by atoms with Gasteiger partial charge in [-0.2, -0.15) is 21.1 Å². The number of ether oxygens (including phenoxy) is 1. The molecule has 0 radical (unpaired) electrons. The first-order valence-corrected chi connectivity index (χ1v) is 10.7. The van der Waals surface area contributed by atoms with Gasteiger partial charge < -0.3 is 10.1 Å². The number of halogens is 2. The molecule has 1 N–H and O–H groups in total. The third kappa shape index (κ3) is 3.94. The summed E-state index contributed by atoms with van der Waals surface area (Å²) in [5.74, 6) is -0.766. The van der Waals surface area contributed by atoms with Crippen LogP contribution in [0.3, 0.4) is 0 Å². The maximum Gasteiger partial charge on any atom is 0.281 e.